The first kappa shape index (κ1) is 38.2. The first-order chi connectivity index (χ1) is 21.9. The maximum atomic E-state index is 14.2. The van der Waals surface area contributed by atoms with Gasteiger partial charge < -0.3 is 29.3 Å². The van der Waals surface area contributed by atoms with Crippen LogP contribution < -0.4 is 10.1 Å². The Morgan fingerprint density at radius 3 is 2.55 bits per heavy atom. The van der Waals surface area contributed by atoms with E-state index >= 15 is 0 Å². The van der Waals surface area contributed by atoms with Crippen LogP contribution in [0.2, 0.25) is 0 Å². The molecule has 2 N–H and O–H groups in total. The van der Waals surface area contributed by atoms with Crippen molar-refractivity contribution in [3.8, 4) is 5.75 Å². The Kier molecular flexibility index (Phi) is 13.2. The lowest BCUT2D eigenvalue weighted by molar-refractivity contribution is -0.142. The molecule has 12 nitrogen and oxygen atoms in total. The zero-order chi connectivity index (χ0) is 35.1. The van der Waals surface area contributed by atoms with E-state index in [0.717, 1.165) is 0 Å². The Balaban J connectivity index is 1.95. The summed E-state index contributed by atoms with van der Waals surface area (Å²) in [6, 6.07) is 3.59. The Morgan fingerprint density at radius 2 is 1.94 bits per heavy atom. The number of likely N-dealkylation sites (N-methyl/N-ethyl adjacent to an activating group) is 1. The number of hydrogen-bond acceptors (Lipinski definition) is 9. The summed E-state index contributed by atoms with van der Waals surface area (Å²) in [5.41, 5.74) is 0.387. The Hall–Kier alpha value is -3.21. The fraction of sp³-hybridized carbons (Fsp3) is 0.645. The number of hydrogen-bond donors (Lipinski definition) is 2. The van der Waals surface area contributed by atoms with Crippen molar-refractivity contribution < 1.29 is 50.3 Å². The number of fused-ring (bicyclic) bond motifs is 1. The van der Waals surface area contributed by atoms with E-state index in [-0.39, 0.29) is 52.5 Å². The molecule has 0 saturated carbocycles. The average molecular weight is 691 g/mol. The number of rotatable bonds is 9. The van der Waals surface area contributed by atoms with Crippen molar-refractivity contribution >= 4 is 27.5 Å². The molecule has 47 heavy (non-hydrogen) atoms. The quantitative estimate of drug-likeness (QED) is 0.382. The van der Waals surface area contributed by atoms with Crippen LogP contribution >= 0.6 is 0 Å². The van der Waals surface area contributed by atoms with E-state index < -0.39 is 65.5 Å². The van der Waals surface area contributed by atoms with Crippen molar-refractivity contribution in [1.29, 1.82) is 0 Å². The molecule has 2 aromatic rings. The minimum absolute atomic E-state index is 0.0221. The van der Waals surface area contributed by atoms with Gasteiger partial charge in [0.2, 0.25) is 15.9 Å². The predicted octanol–water partition coefficient (Wildman–Crippen LogP) is 4.69. The van der Waals surface area contributed by atoms with Crippen LogP contribution in [0.4, 0.5) is 18.9 Å². The van der Waals surface area contributed by atoms with Gasteiger partial charge in [-0.1, -0.05) is 12.1 Å². The fourth-order valence-electron chi connectivity index (χ4n) is 5.29. The number of nitrogens with zero attached hydrogens (tertiary/aromatic N) is 3. The second-order valence-electron chi connectivity index (χ2n) is 12.1. The van der Waals surface area contributed by atoms with E-state index in [4.69, 9.17) is 14.0 Å². The third kappa shape index (κ3) is 10.4. The number of halogens is 3. The number of aliphatic hydroxyl groups is 1. The fourth-order valence-corrected chi connectivity index (χ4v) is 6.76. The normalized spacial score (nSPS) is 21.1. The lowest BCUT2D eigenvalue weighted by atomic mass is 10.0. The number of anilines is 1. The van der Waals surface area contributed by atoms with E-state index in [2.05, 4.69) is 10.5 Å². The van der Waals surface area contributed by atoms with Crippen LogP contribution in [0.1, 0.15) is 74.7 Å². The third-order valence-electron chi connectivity index (χ3n) is 8.04. The summed E-state index contributed by atoms with van der Waals surface area (Å²) in [4.78, 5) is 27.8. The zero-order valence-electron chi connectivity index (χ0n) is 27.6. The van der Waals surface area contributed by atoms with E-state index in [1.165, 1.54) is 41.4 Å². The van der Waals surface area contributed by atoms with Crippen molar-refractivity contribution in [3.05, 3.63) is 35.2 Å². The number of aliphatic hydroxyl groups excluding tert-OH is 1. The summed E-state index contributed by atoms with van der Waals surface area (Å²) in [5, 5.41) is 16.3. The molecule has 0 aliphatic carbocycles. The number of ether oxygens (including phenoxy) is 2. The molecule has 0 fully saturated rings. The van der Waals surface area contributed by atoms with Crippen molar-refractivity contribution in [2.24, 2.45) is 5.92 Å². The molecular weight excluding hydrogens is 645 g/mol. The molecule has 4 atom stereocenters. The molecule has 0 saturated heterocycles. The first-order valence-electron chi connectivity index (χ1n) is 15.5. The molecule has 264 valence electrons. The largest absolute Gasteiger partial charge is 0.490 e. The molecule has 1 aliphatic rings. The molecule has 1 aromatic carbocycles. The highest BCUT2D eigenvalue weighted by Gasteiger charge is 2.34. The molecule has 2 heterocycles. The van der Waals surface area contributed by atoms with Gasteiger partial charge in [0.1, 0.15) is 16.3 Å². The molecule has 1 aromatic heterocycles. The standard InChI is InChI=1S/C31H45F3N4O8S/c1-19-16-38(20(2)18-39)30(41)25-15-24(35-28(40)12-13-31(32,33)34)10-11-26(25)45-21(3)9-7-8-14-44-27(19)17-37(6)47(42,43)29-22(4)36-46-23(29)5/h10-11,15,19-21,27,39H,7-9,12-14,16-18H2,1-6H3,(H,35,40)/t19-,20-,21+,27+/m1/s1. The van der Waals surface area contributed by atoms with Gasteiger partial charge in [-0.2, -0.15) is 17.5 Å². The number of carbonyl (C=O) groups excluding carboxylic acids is 2. The van der Waals surface area contributed by atoms with Crippen LogP contribution in [0.15, 0.2) is 27.6 Å². The summed E-state index contributed by atoms with van der Waals surface area (Å²) >= 11 is 0. The molecule has 2 amide bonds. The van der Waals surface area contributed by atoms with Gasteiger partial charge >= 0.3 is 6.18 Å². The van der Waals surface area contributed by atoms with Crippen molar-refractivity contribution in [1.82, 2.24) is 14.4 Å². The number of sulfonamides is 1. The molecule has 0 radical (unpaired) electrons. The van der Waals surface area contributed by atoms with Crippen LogP contribution in [-0.2, 0) is 19.6 Å². The SMILES string of the molecule is Cc1noc(C)c1S(=O)(=O)N(C)C[C@@H]1OCCCC[C@H](C)Oc2ccc(NC(=O)CCC(F)(F)F)cc2C(=O)N([C@H](C)CO)C[C@H]1C. The van der Waals surface area contributed by atoms with Gasteiger partial charge in [0.05, 0.1) is 36.8 Å². The van der Waals surface area contributed by atoms with Crippen molar-refractivity contribution in [2.45, 2.75) is 96.0 Å². The molecule has 3 rings (SSSR count). The van der Waals surface area contributed by atoms with Gasteiger partial charge in [-0.3, -0.25) is 9.59 Å². The van der Waals surface area contributed by atoms with Gasteiger partial charge in [0.25, 0.3) is 5.91 Å². The lowest BCUT2D eigenvalue weighted by Crippen LogP contribution is -2.48. The molecule has 0 bridgehead atoms. The predicted molar refractivity (Wildman–Crippen MR) is 167 cm³/mol. The summed E-state index contributed by atoms with van der Waals surface area (Å²) in [6.07, 6.45) is -5.60. The molecule has 0 spiro atoms. The van der Waals surface area contributed by atoms with E-state index in [9.17, 15) is 36.3 Å². The Bertz CT molecular complexity index is 1460. The summed E-state index contributed by atoms with van der Waals surface area (Å²) in [7, 11) is -2.57. The van der Waals surface area contributed by atoms with Gasteiger partial charge in [-0.05, 0) is 65.2 Å². The smallest absolute Gasteiger partial charge is 0.389 e. The van der Waals surface area contributed by atoms with Crippen LogP contribution in [-0.4, -0.2) is 97.5 Å². The highest BCUT2D eigenvalue weighted by Crippen LogP contribution is 2.30. The molecular formula is C31H45F3N4O8S. The van der Waals surface area contributed by atoms with Gasteiger partial charge in [-0.15, -0.1) is 0 Å². The number of benzene rings is 1. The number of nitrogens with one attached hydrogen (secondary N) is 1. The monoisotopic (exact) mass is 690 g/mol. The van der Waals surface area contributed by atoms with Crippen LogP contribution in [0.3, 0.4) is 0 Å². The van der Waals surface area contributed by atoms with Crippen LogP contribution in [0, 0.1) is 19.8 Å². The number of aryl methyl sites for hydroxylation is 2. The minimum Gasteiger partial charge on any atom is -0.490 e. The highest BCUT2D eigenvalue weighted by atomic mass is 32.2. The van der Waals surface area contributed by atoms with E-state index in [0.29, 0.717) is 25.9 Å². The van der Waals surface area contributed by atoms with E-state index in [1.807, 2.05) is 13.8 Å². The van der Waals surface area contributed by atoms with Gasteiger partial charge in [0.15, 0.2) is 5.76 Å². The maximum Gasteiger partial charge on any atom is 0.389 e. The summed E-state index contributed by atoms with van der Waals surface area (Å²) in [6.45, 7) is 8.28. The number of amides is 2. The second-order valence-corrected chi connectivity index (χ2v) is 14.1. The maximum absolute atomic E-state index is 14.2. The first-order valence-corrected chi connectivity index (χ1v) is 17.0. The topological polar surface area (TPSA) is 152 Å². The third-order valence-corrected chi connectivity index (χ3v) is 10.1. The molecule has 0 unspecified atom stereocenters. The van der Waals surface area contributed by atoms with Crippen molar-refractivity contribution in [2.75, 3.05) is 38.7 Å². The van der Waals surface area contributed by atoms with Crippen LogP contribution in [0.5, 0.6) is 5.75 Å². The summed E-state index contributed by atoms with van der Waals surface area (Å²) in [5.74, 6) is -1.48. The van der Waals surface area contributed by atoms with Crippen LogP contribution in [0.25, 0.3) is 0 Å². The number of aromatic nitrogens is 1. The second kappa shape index (κ2) is 16.3. The average Bonchev–Trinajstić information content (AvgIpc) is 3.35. The highest BCUT2D eigenvalue weighted by molar-refractivity contribution is 7.89. The molecule has 16 heteroatoms. The Labute approximate surface area is 273 Å². The number of carbonyl (C=O) groups is 2. The Morgan fingerprint density at radius 1 is 1.23 bits per heavy atom. The zero-order valence-corrected chi connectivity index (χ0v) is 28.4. The number of alkyl halides is 3. The summed E-state index contributed by atoms with van der Waals surface area (Å²) < 4.78 is 83.6. The lowest BCUT2D eigenvalue weighted by Gasteiger charge is -2.35. The van der Waals surface area contributed by atoms with Gasteiger partial charge in [-0.25, -0.2) is 8.42 Å². The van der Waals surface area contributed by atoms with Crippen molar-refractivity contribution in [3.63, 3.8) is 0 Å². The molecule has 1 aliphatic heterocycles. The minimum atomic E-state index is -4.50. The van der Waals surface area contributed by atoms with Gasteiger partial charge in [0, 0.05) is 44.8 Å². The van der Waals surface area contributed by atoms with E-state index in [1.54, 1.807) is 13.8 Å².